The zero-order chi connectivity index (χ0) is 25.7. The summed E-state index contributed by atoms with van der Waals surface area (Å²) in [6.07, 6.45) is 3.90. The first kappa shape index (κ1) is 26.1. The van der Waals surface area contributed by atoms with Gasteiger partial charge in [-0.1, -0.05) is 74.9 Å². The molecule has 0 spiro atoms. The maximum absolute atomic E-state index is 6.20. The topological polar surface area (TPSA) is 44.7 Å². The van der Waals surface area contributed by atoms with Crippen molar-refractivity contribution in [2.75, 3.05) is 13.2 Å². The van der Waals surface area contributed by atoms with Gasteiger partial charge >= 0.3 is 8.24 Å². The number of ether oxygens (including phenoxy) is 1. The summed E-state index contributed by atoms with van der Waals surface area (Å²) < 4.78 is 24.6. The second kappa shape index (κ2) is 11.4. The first-order chi connectivity index (χ1) is 17.2. The molecule has 4 nitrogen and oxygen atoms in total. The van der Waals surface area contributed by atoms with Crippen LogP contribution in [0, 0.1) is 6.92 Å². The summed E-state index contributed by atoms with van der Waals surface area (Å²) in [6, 6.07) is 20.6. The quantitative estimate of drug-likeness (QED) is 0.177. The second-order valence-corrected chi connectivity index (χ2v) is 11.5. The van der Waals surface area contributed by atoms with Gasteiger partial charge in [0.1, 0.15) is 23.5 Å². The van der Waals surface area contributed by atoms with Crippen LogP contribution < -0.4 is 9.26 Å². The van der Waals surface area contributed by atoms with Crippen molar-refractivity contribution in [3.63, 3.8) is 0 Å². The third-order valence-corrected chi connectivity index (χ3v) is 7.16. The zero-order valence-electron chi connectivity index (χ0n) is 22.3. The Morgan fingerprint density at radius 3 is 2.11 bits per heavy atom. The van der Waals surface area contributed by atoms with E-state index in [1.807, 2.05) is 36.4 Å². The Kier molecular flexibility index (Phi) is 8.28. The Balaban J connectivity index is 1.49. The lowest BCUT2D eigenvalue weighted by Gasteiger charge is -2.25. The van der Waals surface area contributed by atoms with Crippen LogP contribution in [-0.2, 0) is 11.8 Å². The molecule has 3 aromatic carbocycles. The van der Waals surface area contributed by atoms with Crippen molar-refractivity contribution in [1.29, 1.82) is 0 Å². The molecule has 1 heterocycles. The molecule has 4 aromatic rings. The van der Waals surface area contributed by atoms with E-state index >= 15 is 0 Å². The standard InChI is InChI=1S/C31H37O4P/c1-22(2)17-19-32-30-23(3)20-24(21-27(30)31(4,5)6)12-11-18-33-36-34-28-15-9-7-13-25(28)26-14-8-10-16-29(26)35-36/h7-10,13-17,20-21H,11-12,18-19H2,1-6H3. The van der Waals surface area contributed by atoms with E-state index in [2.05, 4.69) is 71.9 Å². The molecule has 0 saturated heterocycles. The summed E-state index contributed by atoms with van der Waals surface area (Å²) in [5, 5.41) is 2.05. The first-order valence-corrected chi connectivity index (χ1v) is 13.7. The summed E-state index contributed by atoms with van der Waals surface area (Å²) in [4.78, 5) is 0. The van der Waals surface area contributed by atoms with Crippen molar-refractivity contribution in [2.24, 2.45) is 0 Å². The molecule has 0 N–H and O–H groups in total. The molecule has 0 saturated carbocycles. The highest BCUT2D eigenvalue weighted by Crippen LogP contribution is 2.36. The van der Waals surface area contributed by atoms with Crippen LogP contribution in [0.5, 0.6) is 5.75 Å². The summed E-state index contributed by atoms with van der Waals surface area (Å²) in [6.45, 7) is 14.2. The van der Waals surface area contributed by atoms with Crippen molar-refractivity contribution in [3.05, 3.63) is 89.0 Å². The summed E-state index contributed by atoms with van der Waals surface area (Å²) in [5.41, 5.74) is 6.55. The lowest BCUT2D eigenvalue weighted by atomic mass is 9.83. The van der Waals surface area contributed by atoms with E-state index in [0.717, 1.165) is 40.5 Å². The van der Waals surface area contributed by atoms with Crippen LogP contribution in [-0.4, -0.2) is 13.2 Å². The van der Waals surface area contributed by atoms with Gasteiger partial charge in [-0.25, -0.2) is 0 Å². The van der Waals surface area contributed by atoms with Gasteiger partial charge < -0.3 is 13.1 Å². The van der Waals surface area contributed by atoms with Crippen LogP contribution in [0.2, 0.25) is 0 Å². The van der Waals surface area contributed by atoms with Gasteiger partial charge in [-0.15, -0.1) is 0 Å². The number of para-hydroxylation sites is 2. The summed E-state index contributed by atoms with van der Waals surface area (Å²) >= 11 is 0. The van der Waals surface area contributed by atoms with Gasteiger partial charge in [-0.05, 0) is 68.4 Å². The molecule has 36 heavy (non-hydrogen) atoms. The van der Waals surface area contributed by atoms with Crippen molar-refractivity contribution >= 4 is 30.2 Å². The molecular formula is C31H37O4P. The van der Waals surface area contributed by atoms with Crippen LogP contribution in [0.25, 0.3) is 21.9 Å². The van der Waals surface area contributed by atoms with Crippen molar-refractivity contribution in [3.8, 4) is 5.75 Å². The van der Waals surface area contributed by atoms with Crippen molar-refractivity contribution in [1.82, 2.24) is 0 Å². The third kappa shape index (κ3) is 6.43. The molecular weight excluding hydrogens is 467 g/mol. The highest BCUT2D eigenvalue weighted by Gasteiger charge is 2.21. The Morgan fingerprint density at radius 2 is 1.53 bits per heavy atom. The van der Waals surface area contributed by atoms with E-state index in [9.17, 15) is 0 Å². The number of hydrogen-bond acceptors (Lipinski definition) is 4. The minimum absolute atomic E-state index is 0.0103. The van der Waals surface area contributed by atoms with Gasteiger partial charge in [0.2, 0.25) is 0 Å². The maximum Gasteiger partial charge on any atom is 0.387 e. The minimum Gasteiger partial charge on any atom is -0.489 e. The van der Waals surface area contributed by atoms with E-state index in [4.69, 9.17) is 17.7 Å². The lowest BCUT2D eigenvalue weighted by Crippen LogP contribution is -2.15. The molecule has 0 fully saturated rings. The number of hydrogen-bond donors (Lipinski definition) is 0. The van der Waals surface area contributed by atoms with Crippen molar-refractivity contribution in [2.45, 2.75) is 59.8 Å². The number of rotatable bonds is 8. The Labute approximate surface area is 215 Å². The molecule has 0 atom stereocenters. The Bertz CT molecular complexity index is 1350. The maximum atomic E-state index is 6.20. The molecule has 0 unspecified atom stereocenters. The van der Waals surface area contributed by atoms with Gasteiger partial charge in [0.25, 0.3) is 0 Å². The number of benzene rings is 3. The van der Waals surface area contributed by atoms with Gasteiger partial charge in [-0.3, -0.25) is 4.52 Å². The van der Waals surface area contributed by atoms with E-state index in [1.165, 1.54) is 22.3 Å². The normalized spacial score (nSPS) is 11.6. The lowest BCUT2D eigenvalue weighted by molar-refractivity contribution is 0.347. The Hall–Kier alpha value is -2.94. The fourth-order valence-electron chi connectivity index (χ4n) is 4.22. The fraction of sp³-hybridized carbons (Fsp3) is 0.355. The molecule has 0 aliphatic heterocycles. The highest BCUT2D eigenvalue weighted by molar-refractivity contribution is 7.31. The Morgan fingerprint density at radius 1 is 0.917 bits per heavy atom. The second-order valence-electron chi connectivity index (χ2n) is 10.5. The molecule has 0 aliphatic carbocycles. The first-order valence-electron chi connectivity index (χ1n) is 12.6. The molecule has 0 radical (unpaired) electrons. The molecule has 0 aliphatic rings. The van der Waals surface area contributed by atoms with E-state index in [0.29, 0.717) is 13.2 Å². The van der Waals surface area contributed by atoms with Gasteiger partial charge in [0, 0.05) is 16.3 Å². The zero-order valence-corrected chi connectivity index (χ0v) is 23.2. The van der Waals surface area contributed by atoms with E-state index < -0.39 is 8.24 Å². The fourth-order valence-corrected chi connectivity index (χ4v) is 5.28. The van der Waals surface area contributed by atoms with Crippen LogP contribution in [0.1, 0.15) is 57.7 Å². The predicted molar refractivity (Wildman–Crippen MR) is 151 cm³/mol. The van der Waals surface area contributed by atoms with Crippen LogP contribution in [0.15, 0.2) is 80.7 Å². The average Bonchev–Trinajstić information content (AvgIpc) is 2.98. The largest absolute Gasteiger partial charge is 0.489 e. The van der Waals surface area contributed by atoms with Gasteiger partial charge in [-0.2, -0.15) is 0 Å². The monoisotopic (exact) mass is 504 g/mol. The summed E-state index contributed by atoms with van der Waals surface area (Å²) in [5.74, 6) is 1.00. The van der Waals surface area contributed by atoms with Gasteiger partial charge in [0.15, 0.2) is 0 Å². The SMILES string of the molecule is CC(C)=CCOc1c(C)cc(CCCOp2oc3ccccc3c3ccccc3o2)cc1C(C)(C)C. The number of allylic oxidation sites excluding steroid dienone is 1. The molecule has 0 amide bonds. The third-order valence-electron chi connectivity index (χ3n) is 6.08. The van der Waals surface area contributed by atoms with Crippen molar-refractivity contribution < 1.29 is 17.7 Å². The number of aryl methyl sites for hydroxylation is 2. The van der Waals surface area contributed by atoms with E-state index in [1.54, 1.807) is 0 Å². The summed E-state index contributed by atoms with van der Waals surface area (Å²) in [7, 11) is -1.53. The van der Waals surface area contributed by atoms with E-state index in [-0.39, 0.29) is 5.41 Å². The van der Waals surface area contributed by atoms with Gasteiger partial charge in [0.05, 0.1) is 6.61 Å². The average molecular weight is 505 g/mol. The van der Waals surface area contributed by atoms with Crippen LogP contribution in [0.4, 0.5) is 0 Å². The number of fused-ring (bicyclic) bond motifs is 3. The molecule has 0 bridgehead atoms. The van der Waals surface area contributed by atoms with Crippen LogP contribution in [0.3, 0.4) is 0 Å². The smallest absolute Gasteiger partial charge is 0.387 e. The molecule has 1 aromatic heterocycles. The highest BCUT2D eigenvalue weighted by atomic mass is 31.1. The molecule has 190 valence electrons. The molecule has 4 rings (SSSR count). The minimum atomic E-state index is -1.53. The van der Waals surface area contributed by atoms with Crippen LogP contribution >= 0.6 is 8.24 Å². The predicted octanol–water partition coefficient (Wildman–Crippen LogP) is 9.30. The molecule has 5 heteroatoms.